The Bertz CT molecular complexity index is 399. The second-order valence-corrected chi connectivity index (χ2v) is 5.59. The molecule has 0 spiro atoms. The second kappa shape index (κ2) is 6.58. The molecule has 1 heterocycles. The minimum Gasteiger partial charge on any atom is -0.481 e. The van der Waals surface area contributed by atoms with Crippen molar-refractivity contribution in [1.29, 1.82) is 0 Å². The Balaban J connectivity index is 2.46. The molecule has 20 heavy (non-hydrogen) atoms. The third kappa shape index (κ3) is 4.11. The van der Waals surface area contributed by atoms with Gasteiger partial charge in [0, 0.05) is 32.6 Å². The number of carbonyl (C=O) groups excluding carboxylic acids is 2. The van der Waals surface area contributed by atoms with E-state index in [1.54, 1.807) is 18.9 Å². The molecule has 0 radical (unpaired) electrons. The van der Waals surface area contributed by atoms with Crippen LogP contribution in [0, 0.1) is 5.41 Å². The molecule has 1 aliphatic heterocycles. The first-order valence-corrected chi connectivity index (χ1v) is 6.78. The quantitative estimate of drug-likeness (QED) is 0.681. The molecule has 0 aromatic rings. The van der Waals surface area contributed by atoms with Gasteiger partial charge >= 0.3 is 12.0 Å². The van der Waals surface area contributed by atoms with Gasteiger partial charge in [-0.1, -0.05) is 0 Å². The highest BCUT2D eigenvalue weighted by atomic mass is 16.4. The molecule has 2 atom stereocenters. The van der Waals surface area contributed by atoms with Gasteiger partial charge in [0.25, 0.3) is 0 Å². The zero-order chi connectivity index (χ0) is 15.3. The Morgan fingerprint density at radius 1 is 1.40 bits per heavy atom. The molecule has 1 aliphatic rings. The number of rotatable bonds is 5. The van der Waals surface area contributed by atoms with Crippen LogP contribution in [0.25, 0.3) is 0 Å². The molecule has 114 valence electrons. The van der Waals surface area contributed by atoms with E-state index in [1.807, 2.05) is 6.92 Å². The van der Waals surface area contributed by atoms with Crippen LogP contribution in [0.15, 0.2) is 0 Å². The number of nitrogens with one attached hydrogen (secondary N) is 2. The summed E-state index contributed by atoms with van der Waals surface area (Å²) in [6.07, 6.45) is 1.04. The summed E-state index contributed by atoms with van der Waals surface area (Å²) in [5.74, 6) is -0.939. The Morgan fingerprint density at radius 3 is 2.60 bits per heavy atom. The van der Waals surface area contributed by atoms with Gasteiger partial charge in [-0.25, -0.2) is 4.79 Å². The minimum absolute atomic E-state index is 0.0252. The van der Waals surface area contributed by atoms with Crippen LogP contribution in [0.2, 0.25) is 0 Å². The molecule has 1 fully saturated rings. The lowest BCUT2D eigenvalue weighted by atomic mass is 9.89. The molecule has 1 saturated heterocycles. The number of carboxylic acids is 1. The van der Waals surface area contributed by atoms with Gasteiger partial charge in [-0.05, 0) is 26.7 Å². The van der Waals surface area contributed by atoms with Crippen LogP contribution in [0.4, 0.5) is 4.79 Å². The number of aliphatic carboxylic acids is 1. The van der Waals surface area contributed by atoms with E-state index in [9.17, 15) is 14.4 Å². The monoisotopic (exact) mass is 285 g/mol. The fraction of sp³-hybridized carbons (Fsp3) is 0.769. The molecule has 0 aromatic carbocycles. The zero-order valence-corrected chi connectivity index (χ0v) is 12.2. The number of carbonyl (C=O) groups is 3. The third-order valence-corrected chi connectivity index (χ3v) is 3.70. The van der Waals surface area contributed by atoms with Crippen molar-refractivity contribution < 1.29 is 19.5 Å². The number of amides is 3. The van der Waals surface area contributed by atoms with Crippen LogP contribution in [0.5, 0.6) is 0 Å². The van der Waals surface area contributed by atoms with Crippen molar-refractivity contribution in [3.8, 4) is 0 Å². The molecule has 2 unspecified atom stereocenters. The smallest absolute Gasteiger partial charge is 0.317 e. The van der Waals surface area contributed by atoms with E-state index in [2.05, 4.69) is 10.6 Å². The summed E-state index contributed by atoms with van der Waals surface area (Å²) in [6, 6.07) is -0.444. The minimum atomic E-state index is -0.875. The van der Waals surface area contributed by atoms with Crippen LogP contribution in [0.3, 0.4) is 0 Å². The highest BCUT2D eigenvalue weighted by Crippen LogP contribution is 2.29. The number of carboxylic acid groups (broad SMARTS) is 1. The van der Waals surface area contributed by atoms with Crippen LogP contribution in [0.1, 0.15) is 33.1 Å². The first kappa shape index (κ1) is 16.3. The Labute approximate surface area is 118 Å². The summed E-state index contributed by atoms with van der Waals surface area (Å²) in [5, 5.41) is 14.0. The number of nitrogens with zero attached hydrogens (tertiary/aromatic N) is 1. The molecular formula is C13H23N3O4. The Kier molecular flexibility index (Phi) is 5.35. The highest BCUT2D eigenvalue weighted by Gasteiger charge is 2.41. The standard InChI is InChI=1S/C13H23N3O4/c1-9(4-5-10(17)18)15-12(20)16-7-6-13(2,8-16)11(19)14-3/h9H,4-8H2,1-3H3,(H,14,19)(H,15,20)(H,17,18). The fourth-order valence-electron chi connectivity index (χ4n) is 2.34. The van der Waals surface area contributed by atoms with E-state index in [0.717, 1.165) is 0 Å². The molecule has 0 aliphatic carbocycles. The van der Waals surface area contributed by atoms with Gasteiger partial charge in [-0.15, -0.1) is 0 Å². The molecule has 3 amide bonds. The molecule has 0 bridgehead atoms. The van der Waals surface area contributed by atoms with Gasteiger partial charge in [0.05, 0.1) is 5.41 Å². The van der Waals surface area contributed by atoms with Crippen molar-refractivity contribution in [1.82, 2.24) is 15.5 Å². The van der Waals surface area contributed by atoms with Crippen LogP contribution in [-0.2, 0) is 9.59 Å². The maximum absolute atomic E-state index is 12.0. The van der Waals surface area contributed by atoms with Gasteiger partial charge in [-0.3, -0.25) is 9.59 Å². The average Bonchev–Trinajstić information content (AvgIpc) is 2.79. The Morgan fingerprint density at radius 2 is 2.05 bits per heavy atom. The second-order valence-electron chi connectivity index (χ2n) is 5.59. The highest BCUT2D eigenvalue weighted by molar-refractivity contribution is 5.84. The van der Waals surface area contributed by atoms with E-state index in [0.29, 0.717) is 25.9 Å². The topological polar surface area (TPSA) is 98.7 Å². The average molecular weight is 285 g/mol. The number of urea groups is 1. The zero-order valence-electron chi connectivity index (χ0n) is 12.2. The van der Waals surface area contributed by atoms with E-state index in [4.69, 9.17) is 5.11 Å². The van der Waals surface area contributed by atoms with Gasteiger partial charge in [0.15, 0.2) is 0 Å². The van der Waals surface area contributed by atoms with Crippen LogP contribution >= 0.6 is 0 Å². The summed E-state index contributed by atoms with van der Waals surface area (Å²) in [6.45, 7) is 4.52. The van der Waals surface area contributed by atoms with E-state index < -0.39 is 11.4 Å². The van der Waals surface area contributed by atoms with Gasteiger partial charge < -0.3 is 20.6 Å². The SMILES string of the molecule is CNC(=O)C1(C)CCN(C(=O)NC(C)CCC(=O)O)C1. The van der Waals surface area contributed by atoms with Gasteiger partial charge in [0.1, 0.15) is 0 Å². The predicted molar refractivity (Wildman–Crippen MR) is 73.2 cm³/mol. The van der Waals surface area contributed by atoms with E-state index in [-0.39, 0.29) is 24.4 Å². The lowest BCUT2D eigenvalue weighted by Crippen LogP contribution is -2.45. The van der Waals surface area contributed by atoms with Crippen molar-refractivity contribution in [3.63, 3.8) is 0 Å². The molecular weight excluding hydrogens is 262 g/mol. The van der Waals surface area contributed by atoms with Crippen LogP contribution < -0.4 is 10.6 Å². The Hall–Kier alpha value is -1.79. The summed E-state index contributed by atoms with van der Waals surface area (Å²) < 4.78 is 0. The van der Waals surface area contributed by atoms with Crippen molar-refractivity contribution in [2.75, 3.05) is 20.1 Å². The van der Waals surface area contributed by atoms with Crippen molar-refractivity contribution in [2.24, 2.45) is 5.41 Å². The molecule has 0 saturated carbocycles. The summed E-state index contributed by atoms with van der Waals surface area (Å²) in [4.78, 5) is 35.9. The van der Waals surface area contributed by atoms with Crippen molar-refractivity contribution in [2.45, 2.75) is 39.2 Å². The molecule has 0 aromatic heterocycles. The van der Waals surface area contributed by atoms with Gasteiger partial charge in [0.2, 0.25) is 5.91 Å². The summed E-state index contributed by atoms with van der Waals surface area (Å²) in [5.41, 5.74) is -0.545. The molecule has 7 nitrogen and oxygen atoms in total. The summed E-state index contributed by atoms with van der Waals surface area (Å²) in [7, 11) is 1.59. The predicted octanol–water partition coefficient (Wildman–Crippen LogP) is 0.407. The number of likely N-dealkylation sites (tertiary alicyclic amines) is 1. The maximum atomic E-state index is 12.0. The number of hydrogen-bond acceptors (Lipinski definition) is 3. The molecule has 7 heteroatoms. The van der Waals surface area contributed by atoms with Crippen molar-refractivity contribution >= 4 is 17.9 Å². The third-order valence-electron chi connectivity index (χ3n) is 3.70. The lowest BCUT2D eigenvalue weighted by molar-refractivity contribution is -0.137. The number of hydrogen-bond donors (Lipinski definition) is 3. The first-order valence-electron chi connectivity index (χ1n) is 6.78. The van der Waals surface area contributed by atoms with Crippen LogP contribution in [-0.4, -0.2) is 54.1 Å². The maximum Gasteiger partial charge on any atom is 0.317 e. The first-order chi connectivity index (χ1) is 9.28. The van der Waals surface area contributed by atoms with E-state index in [1.165, 1.54) is 0 Å². The summed E-state index contributed by atoms with van der Waals surface area (Å²) >= 11 is 0. The van der Waals surface area contributed by atoms with Crippen molar-refractivity contribution in [3.05, 3.63) is 0 Å². The van der Waals surface area contributed by atoms with Gasteiger partial charge in [-0.2, -0.15) is 0 Å². The normalized spacial score (nSPS) is 23.2. The lowest BCUT2D eigenvalue weighted by Gasteiger charge is -2.24. The molecule has 1 rings (SSSR count). The fourth-order valence-corrected chi connectivity index (χ4v) is 2.34. The largest absolute Gasteiger partial charge is 0.481 e. The van der Waals surface area contributed by atoms with E-state index >= 15 is 0 Å². The molecule has 3 N–H and O–H groups in total.